The van der Waals surface area contributed by atoms with Gasteiger partial charge < -0.3 is 14.8 Å². The summed E-state index contributed by atoms with van der Waals surface area (Å²) in [6.45, 7) is 5.82. The Hall–Kier alpha value is -1.22. The molecule has 1 aliphatic rings. The fraction of sp³-hybridized carbons (Fsp3) is 0.600. The van der Waals surface area contributed by atoms with Crippen molar-refractivity contribution in [1.82, 2.24) is 5.32 Å². The second-order valence-electron chi connectivity index (χ2n) is 4.99. The fourth-order valence-corrected chi connectivity index (χ4v) is 2.27. The van der Waals surface area contributed by atoms with Crippen LogP contribution in [0.1, 0.15) is 38.3 Å². The number of ether oxygens (including phenoxy) is 2. The van der Waals surface area contributed by atoms with Crippen LogP contribution < -0.4 is 14.8 Å². The predicted molar refractivity (Wildman–Crippen MR) is 73.3 cm³/mol. The highest BCUT2D eigenvalue weighted by Crippen LogP contribution is 2.34. The fourth-order valence-electron chi connectivity index (χ4n) is 2.27. The smallest absolute Gasteiger partial charge is 0.161 e. The van der Waals surface area contributed by atoms with Crippen molar-refractivity contribution < 1.29 is 9.47 Å². The molecule has 1 aromatic carbocycles. The molecule has 3 nitrogen and oxygen atoms in total. The zero-order valence-electron chi connectivity index (χ0n) is 11.5. The van der Waals surface area contributed by atoms with Crippen LogP contribution in [0.3, 0.4) is 0 Å². The molecule has 3 heteroatoms. The average Bonchev–Trinajstić information content (AvgIpc) is 2.44. The summed E-state index contributed by atoms with van der Waals surface area (Å²) in [4.78, 5) is 0. The van der Waals surface area contributed by atoms with Crippen molar-refractivity contribution >= 4 is 0 Å². The van der Waals surface area contributed by atoms with Crippen molar-refractivity contribution in [2.24, 2.45) is 5.92 Å². The Bertz CT molecular complexity index is 392. The molecule has 0 saturated heterocycles. The van der Waals surface area contributed by atoms with E-state index in [1.165, 1.54) is 12.0 Å². The van der Waals surface area contributed by atoms with Gasteiger partial charge in [-0.25, -0.2) is 0 Å². The molecular formula is C15H23NO2. The maximum absolute atomic E-state index is 5.64. The second-order valence-corrected chi connectivity index (χ2v) is 4.99. The van der Waals surface area contributed by atoms with E-state index in [1.807, 2.05) is 13.1 Å². The highest BCUT2D eigenvalue weighted by molar-refractivity contribution is 5.44. The molecule has 2 atom stereocenters. The second kappa shape index (κ2) is 6.10. The van der Waals surface area contributed by atoms with Crippen molar-refractivity contribution in [2.45, 2.75) is 32.7 Å². The number of benzene rings is 1. The summed E-state index contributed by atoms with van der Waals surface area (Å²) in [5.74, 6) is 2.46. The minimum Gasteiger partial charge on any atom is -0.486 e. The van der Waals surface area contributed by atoms with E-state index < -0.39 is 0 Å². The van der Waals surface area contributed by atoms with Crippen molar-refractivity contribution in [2.75, 3.05) is 20.3 Å². The summed E-state index contributed by atoms with van der Waals surface area (Å²) >= 11 is 0. The molecule has 100 valence electrons. The molecule has 1 N–H and O–H groups in total. The van der Waals surface area contributed by atoms with E-state index in [1.54, 1.807) is 0 Å². The molecule has 0 spiro atoms. The van der Waals surface area contributed by atoms with E-state index in [-0.39, 0.29) is 0 Å². The van der Waals surface area contributed by atoms with Crippen LogP contribution >= 0.6 is 0 Å². The van der Waals surface area contributed by atoms with Gasteiger partial charge >= 0.3 is 0 Å². The van der Waals surface area contributed by atoms with Crippen molar-refractivity contribution in [3.05, 3.63) is 23.8 Å². The first-order valence-electron chi connectivity index (χ1n) is 6.81. The van der Waals surface area contributed by atoms with Crippen LogP contribution in [0.15, 0.2) is 18.2 Å². The standard InChI is InChI=1S/C15H23NO2/c1-4-11(2)9-13(16-3)12-5-6-14-15(10-12)18-8-7-17-14/h5-6,10-11,13,16H,4,7-9H2,1-3H3. The maximum atomic E-state index is 5.64. The molecule has 0 amide bonds. The van der Waals surface area contributed by atoms with E-state index in [4.69, 9.17) is 9.47 Å². The number of hydrogen-bond donors (Lipinski definition) is 1. The summed E-state index contributed by atoms with van der Waals surface area (Å²) < 4.78 is 11.2. The third-order valence-electron chi connectivity index (χ3n) is 3.65. The van der Waals surface area contributed by atoms with Gasteiger partial charge in [-0.15, -0.1) is 0 Å². The van der Waals surface area contributed by atoms with Crippen molar-refractivity contribution in [3.8, 4) is 11.5 Å². The summed E-state index contributed by atoms with van der Waals surface area (Å²) in [5.41, 5.74) is 1.28. The van der Waals surface area contributed by atoms with Gasteiger partial charge in [-0.2, -0.15) is 0 Å². The van der Waals surface area contributed by atoms with E-state index in [0.717, 1.165) is 23.8 Å². The lowest BCUT2D eigenvalue weighted by atomic mass is 9.94. The molecule has 0 fully saturated rings. The monoisotopic (exact) mass is 249 g/mol. The molecule has 0 aliphatic carbocycles. The number of hydrogen-bond acceptors (Lipinski definition) is 3. The Kier molecular flexibility index (Phi) is 4.48. The molecular weight excluding hydrogens is 226 g/mol. The Morgan fingerprint density at radius 1 is 1.22 bits per heavy atom. The van der Waals surface area contributed by atoms with Crippen LogP contribution in [0.25, 0.3) is 0 Å². The molecule has 0 radical (unpaired) electrons. The molecule has 1 aliphatic heterocycles. The normalized spacial score (nSPS) is 17.3. The van der Waals surface area contributed by atoms with Gasteiger partial charge in [0.1, 0.15) is 13.2 Å². The third kappa shape index (κ3) is 2.96. The van der Waals surface area contributed by atoms with Crippen LogP contribution in [0, 0.1) is 5.92 Å². The van der Waals surface area contributed by atoms with E-state index in [9.17, 15) is 0 Å². The molecule has 2 unspecified atom stereocenters. The van der Waals surface area contributed by atoms with Gasteiger partial charge in [-0.3, -0.25) is 0 Å². The first-order valence-corrected chi connectivity index (χ1v) is 6.81. The molecule has 2 rings (SSSR count). The topological polar surface area (TPSA) is 30.5 Å². The third-order valence-corrected chi connectivity index (χ3v) is 3.65. The Labute approximate surface area is 109 Å². The quantitative estimate of drug-likeness (QED) is 0.869. The Morgan fingerprint density at radius 2 is 1.94 bits per heavy atom. The van der Waals surface area contributed by atoms with E-state index >= 15 is 0 Å². The average molecular weight is 249 g/mol. The van der Waals surface area contributed by atoms with Gasteiger partial charge in [0.05, 0.1) is 0 Å². The summed E-state index contributed by atoms with van der Waals surface area (Å²) in [5, 5.41) is 3.39. The van der Waals surface area contributed by atoms with Crippen LogP contribution in [-0.4, -0.2) is 20.3 Å². The highest BCUT2D eigenvalue weighted by Gasteiger charge is 2.17. The first kappa shape index (κ1) is 13.2. The molecule has 0 saturated carbocycles. The van der Waals surface area contributed by atoms with Gasteiger partial charge in [-0.1, -0.05) is 26.3 Å². The number of rotatable bonds is 5. The van der Waals surface area contributed by atoms with Crippen molar-refractivity contribution in [1.29, 1.82) is 0 Å². The Balaban J connectivity index is 2.15. The predicted octanol–water partition coefficient (Wildman–Crippen LogP) is 3.15. The lowest BCUT2D eigenvalue weighted by molar-refractivity contribution is 0.171. The minimum absolute atomic E-state index is 0.385. The SMILES string of the molecule is CCC(C)CC(NC)c1ccc2c(c1)OCCO2. The van der Waals surface area contributed by atoms with Crippen molar-refractivity contribution in [3.63, 3.8) is 0 Å². The molecule has 0 aromatic heterocycles. The lowest BCUT2D eigenvalue weighted by Gasteiger charge is -2.23. The van der Waals surface area contributed by atoms with Crippen LogP contribution in [-0.2, 0) is 0 Å². The summed E-state index contributed by atoms with van der Waals surface area (Å²) in [7, 11) is 2.02. The molecule has 18 heavy (non-hydrogen) atoms. The van der Waals surface area contributed by atoms with Crippen LogP contribution in [0.5, 0.6) is 11.5 Å². The zero-order chi connectivity index (χ0) is 13.0. The van der Waals surface area contributed by atoms with Crippen LogP contribution in [0.4, 0.5) is 0 Å². The van der Waals surface area contributed by atoms with Crippen LogP contribution in [0.2, 0.25) is 0 Å². The van der Waals surface area contributed by atoms with Gasteiger partial charge in [0, 0.05) is 6.04 Å². The van der Waals surface area contributed by atoms with E-state index in [0.29, 0.717) is 19.3 Å². The largest absolute Gasteiger partial charge is 0.486 e. The maximum Gasteiger partial charge on any atom is 0.161 e. The zero-order valence-corrected chi connectivity index (χ0v) is 11.5. The molecule has 1 aromatic rings. The van der Waals surface area contributed by atoms with E-state index in [2.05, 4.69) is 31.3 Å². The number of fused-ring (bicyclic) bond motifs is 1. The molecule has 0 bridgehead atoms. The molecule has 1 heterocycles. The lowest BCUT2D eigenvalue weighted by Crippen LogP contribution is -2.20. The van der Waals surface area contributed by atoms with Gasteiger partial charge in [0.2, 0.25) is 0 Å². The first-order chi connectivity index (χ1) is 8.74. The summed E-state index contributed by atoms with van der Waals surface area (Å²) in [6, 6.07) is 6.65. The minimum atomic E-state index is 0.385. The van der Waals surface area contributed by atoms with Gasteiger partial charge in [0.15, 0.2) is 11.5 Å². The Morgan fingerprint density at radius 3 is 2.61 bits per heavy atom. The highest BCUT2D eigenvalue weighted by atomic mass is 16.6. The van der Waals surface area contributed by atoms with Gasteiger partial charge in [0.25, 0.3) is 0 Å². The van der Waals surface area contributed by atoms with Gasteiger partial charge in [-0.05, 0) is 37.1 Å². The number of nitrogens with one attached hydrogen (secondary N) is 1. The summed E-state index contributed by atoms with van der Waals surface area (Å²) in [6.07, 6.45) is 2.36.